The summed E-state index contributed by atoms with van der Waals surface area (Å²) in [6.07, 6.45) is 0.812. The fraction of sp³-hybridized carbons (Fsp3) is 0.458. The Bertz CT molecular complexity index is 1060. The highest BCUT2D eigenvalue weighted by Gasteiger charge is 2.26. The number of amides is 1. The lowest BCUT2D eigenvalue weighted by Crippen LogP contribution is -2.40. The molecule has 1 aliphatic heterocycles. The van der Waals surface area contributed by atoms with Crippen LogP contribution >= 0.6 is 0 Å². The van der Waals surface area contributed by atoms with Crippen LogP contribution in [-0.4, -0.2) is 78.2 Å². The third kappa shape index (κ3) is 5.99. The van der Waals surface area contributed by atoms with E-state index < -0.39 is 10.0 Å². The number of nitrogens with zero attached hydrogens (tertiary/aromatic N) is 2. The number of aryl methyl sites for hydroxylation is 1. The lowest BCUT2D eigenvalue weighted by Gasteiger charge is -2.26. The Morgan fingerprint density at radius 1 is 0.971 bits per heavy atom. The molecule has 0 unspecified atom stereocenters. The van der Waals surface area contributed by atoms with Crippen LogP contribution in [0.1, 0.15) is 17.5 Å². The molecule has 0 aliphatic carbocycles. The average Bonchev–Trinajstić information content (AvgIpc) is 2.87. The molecule has 1 aliphatic rings. The zero-order valence-electron chi connectivity index (χ0n) is 20.1. The topological polar surface area (TPSA) is 94.6 Å². The quantitative estimate of drug-likeness (QED) is 0.502. The van der Waals surface area contributed by atoms with E-state index in [0.717, 1.165) is 11.1 Å². The molecule has 1 fully saturated rings. The number of rotatable bonds is 10. The smallest absolute Gasteiger partial charge is 0.243 e. The van der Waals surface area contributed by atoms with Gasteiger partial charge in [0.15, 0.2) is 11.5 Å². The fourth-order valence-electron chi connectivity index (χ4n) is 3.79. The van der Waals surface area contributed by atoms with Gasteiger partial charge < -0.3 is 23.8 Å². The van der Waals surface area contributed by atoms with E-state index in [0.29, 0.717) is 62.9 Å². The second-order valence-electron chi connectivity index (χ2n) is 7.94. The van der Waals surface area contributed by atoms with Crippen LogP contribution in [0.25, 0.3) is 0 Å². The Kier molecular flexibility index (Phi) is 8.76. The van der Waals surface area contributed by atoms with Gasteiger partial charge in [0.25, 0.3) is 0 Å². The minimum absolute atomic E-state index is 0.0289. The summed E-state index contributed by atoms with van der Waals surface area (Å²) < 4.78 is 48.3. The van der Waals surface area contributed by atoms with Crippen LogP contribution < -0.4 is 14.2 Å². The number of hydrogen-bond acceptors (Lipinski definition) is 7. The van der Waals surface area contributed by atoms with E-state index in [-0.39, 0.29) is 10.8 Å². The molecule has 2 aromatic rings. The lowest BCUT2D eigenvalue weighted by molar-refractivity contribution is -0.130. The summed E-state index contributed by atoms with van der Waals surface area (Å²) in [7, 11) is 2.85. The number of ether oxygens (including phenoxy) is 4. The van der Waals surface area contributed by atoms with Gasteiger partial charge >= 0.3 is 0 Å². The average molecular weight is 493 g/mol. The molecule has 186 valence electrons. The molecule has 0 aromatic heterocycles. The van der Waals surface area contributed by atoms with Crippen molar-refractivity contribution in [2.24, 2.45) is 0 Å². The van der Waals surface area contributed by atoms with E-state index in [9.17, 15) is 13.2 Å². The summed E-state index contributed by atoms with van der Waals surface area (Å²) >= 11 is 0. The highest BCUT2D eigenvalue weighted by molar-refractivity contribution is 7.89. The summed E-state index contributed by atoms with van der Waals surface area (Å²) in [6.45, 7) is 1.91. The van der Waals surface area contributed by atoms with Gasteiger partial charge in [0.1, 0.15) is 0 Å². The second kappa shape index (κ2) is 11.5. The fourth-order valence-corrected chi connectivity index (χ4v) is 5.20. The van der Waals surface area contributed by atoms with E-state index in [1.807, 2.05) is 12.1 Å². The zero-order chi connectivity index (χ0) is 24.7. The monoisotopic (exact) mass is 492 g/mol. The second-order valence-corrected chi connectivity index (χ2v) is 9.88. The Morgan fingerprint density at radius 3 is 2.09 bits per heavy atom. The maximum atomic E-state index is 12.7. The van der Waals surface area contributed by atoms with Crippen LogP contribution in [-0.2, 0) is 32.5 Å². The van der Waals surface area contributed by atoms with Gasteiger partial charge in [-0.3, -0.25) is 4.79 Å². The molecule has 0 bridgehead atoms. The van der Waals surface area contributed by atoms with Crippen molar-refractivity contribution in [3.8, 4) is 17.2 Å². The molecular weight excluding hydrogens is 460 g/mol. The summed E-state index contributed by atoms with van der Waals surface area (Å²) in [6, 6.07) is 10.4. The van der Waals surface area contributed by atoms with E-state index in [1.54, 1.807) is 57.5 Å². The van der Waals surface area contributed by atoms with Gasteiger partial charge in [-0.05, 0) is 41.8 Å². The van der Waals surface area contributed by atoms with Crippen LogP contribution in [0.15, 0.2) is 41.3 Å². The predicted octanol–water partition coefficient (Wildman–Crippen LogP) is 2.32. The Morgan fingerprint density at radius 2 is 1.56 bits per heavy atom. The number of sulfonamides is 1. The molecule has 2 aromatic carbocycles. The summed E-state index contributed by atoms with van der Waals surface area (Å²) in [5, 5.41) is 0. The summed E-state index contributed by atoms with van der Waals surface area (Å²) in [5.74, 6) is 1.54. The molecule has 1 saturated heterocycles. The van der Waals surface area contributed by atoms with Gasteiger partial charge in [-0.1, -0.05) is 12.1 Å². The van der Waals surface area contributed by atoms with Gasteiger partial charge in [-0.25, -0.2) is 8.42 Å². The highest BCUT2D eigenvalue weighted by Crippen LogP contribution is 2.38. The van der Waals surface area contributed by atoms with Gasteiger partial charge in [0.2, 0.25) is 21.7 Å². The Hall–Kier alpha value is -2.82. The molecule has 0 atom stereocenters. The summed E-state index contributed by atoms with van der Waals surface area (Å²) in [5.41, 5.74) is 1.75. The third-order valence-electron chi connectivity index (χ3n) is 5.73. The predicted molar refractivity (Wildman–Crippen MR) is 127 cm³/mol. The van der Waals surface area contributed by atoms with Crippen molar-refractivity contribution in [3.63, 3.8) is 0 Å². The molecule has 10 heteroatoms. The van der Waals surface area contributed by atoms with Crippen molar-refractivity contribution < 1.29 is 32.2 Å². The SMILES string of the molecule is COc1cc(CN(C)C(=O)CCc2ccc(S(=O)(=O)N3CCOCC3)cc2)cc(OC)c1OC. The molecule has 0 spiro atoms. The Labute approximate surface area is 201 Å². The molecule has 0 saturated carbocycles. The largest absolute Gasteiger partial charge is 0.493 e. The van der Waals surface area contributed by atoms with Crippen LogP contribution in [0.4, 0.5) is 0 Å². The highest BCUT2D eigenvalue weighted by atomic mass is 32.2. The van der Waals surface area contributed by atoms with Crippen LogP contribution in [0.3, 0.4) is 0 Å². The zero-order valence-corrected chi connectivity index (χ0v) is 20.9. The lowest BCUT2D eigenvalue weighted by atomic mass is 10.1. The molecule has 1 amide bonds. The molecular formula is C24H32N2O7S. The molecule has 9 nitrogen and oxygen atoms in total. The number of carbonyl (C=O) groups excluding carboxylic acids is 1. The van der Waals surface area contributed by atoms with Crippen molar-refractivity contribution in [2.75, 3.05) is 54.7 Å². The van der Waals surface area contributed by atoms with Crippen molar-refractivity contribution in [1.29, 1.82) is 0 Å². The number of benzene rings is 2. The van der Waals surface area contributed by atoms with Gasteiger partial charge in [-0.15, -0.1) is 0 Å². The molecule has 0 N–H and O–H groups in total. The van der Waals surface area contributed by atoms with Crippen molar-refractivity contribution >= 4 is 15.9 Å². The van der Waals surface area contributed by atoms with E-state index in [1.165, 1.54) is 4.31 Å². The minimum atomic E-state index is -3.53. The number of hydrogen-bond donors (Lipinski definition) is 0. The van der Waals surface area contributed by atoms with Gasteiger partial charge in [-0.2, -0.15) is 4.31 Å². The van der Waals surface area contributed by atoms with E-state index in [2.05, 4.69) is 0 Å². The maximum absolute atomic E-state index is 12.7. The third-order valence-corrected chi connectivity index (χ3v) is 7.64. The first-order valence-corrected chi connectivity index (χ1v) is 12.4. The Balaban J connectivity index is 1.59. The first kappa shape index (κ1) is 25.8. The first-order valence-electron chi connectivity index (χ1n) is 11.0. The maximum Gasteiger partial charge on any atom is 0.243 e. The minimum Gasteiger partial charge on any atom is -0.493 e. The van der Waals surface area contributed by atoms with Crippen molar-refractivity contribution in [2.45, 2.75) is 24.3 Å². The van der Waals surface area contributed by atoms with E-state index >= 15 is 0 Å². The van der Waals surface area contributed by atoms with Gasteiger partial charge in [0.05, 0.1) is 39.4 Å². The van der Waals surface area contributed by atoms with Crippen LogP contribution in [0.5, 0.6) is 17.2 Å². The molecule has 1 heterocycles. The van der Waals surface area contributed by atoms with Crippen molar-refractivity contribution in [3.05, 3.63) is 47.5 Å². The number of carbonyl (C=O) groups is 1. The van der Waals surface area contributed by atoms with Crippen LogP contribution in [0.2, 0.25) is 0 Å². The molecule has 34 heavy (non-hydrogen) atoms. The molecule has 0 radical (unpaired) electrons. The summed E-state index contributed by atoms with van der Waals surface area (Å²) in [4.78, 5) is 14.6. The van der Waals surface area contributed by atoms with Crippen molar-refractivity contribution in [1.82, 2.24) is 9.21 Å². The van der Waals surface area contributed by atoms with Gasteiger partial charge in [0, 0.05) is 33.1 Å². The first-order chi connectivity index (χ1) is 16.3. The van der Waals surface area contributed by atoms with Crippen LogP contribution in [0, 0.1) is 0 Å². The normalized spacial score (nSPS) is 14.5. The number of morpholine rings is 1. The number of methoxy groups -OCH3 is 3. The molecule has 3 rings (SSSR count). The van der Waals surface area contributed by atoms with E-state index in [4.69, 9.17) is 18.9 Å². The standard InChI is InChI=1S/C24H32N2O7S/c1-25(17-19-15-21(30-2)24(32-4)22(16-19)31-3)23(27)10-7-18-5-8-20(9-6-18)34(28,29)26-11-13-33-14-12-26/h5-6,8-9,15-16H,7,10-14,17H2,1-4H3.